The number of carboxylic acids is 2. The van der Waals surface area contributed by atoms with E-state index in [0.717, 1.165) is 19.3 Å². The molecule has 1 atom stereocenters. The van der Waals surface area contributed by atoms with E-state index in [1.54, 1.807) is 24.3 Å². The minimum absolute atomic E-state index is 0.0404. The van der Waals surface area contributed by atoms with Gasteiger partial charge in [0.25, 0.3) is 0 Å². The van der Waals surface area contributed by atoms with Crippen molar-refractivity contribution in [2.75, 3.05) is 59.5 Å². The molecule has 0 aromatic heterocycles. The summed E-state index contributed by atoms with van der Waals surface area (Å²) in [6.45, 7) is 25.6. The van der Waals surface area contributed by atoms with E-state index in [2.05, 4.69) is 33.2 Å². The highest BCUT2D eigenvalue weighted by atomic mass is 16.5. The Bertz CT molecular complexity index is 495. The molecule has 0 amide bonds. The molecule has 0 fully saturated rings. The van der Waals surface area contributed by atoms with Crippen molar-refractivity contribution in [2.45, 2.75) is 60.0 Å². The van der Waals surface area contributed by atoms with Crippen LogP contribution in [-0.2, 0) is 23.8 Å². The lowest BCUT2D eigenvalue weighted by Crippen LogP contribution is -2.17. The van der Waals surface area contributed by atoms with Crippen molar-refractivity contribution in [3.8, 4) is 0 Å². The molecule has 0 bridgehead atoms. The van der Waals surface area contributed by atoms with Gasteiger partial charge >= 0.3 is 11.9 Å². The van der Waals surface area contributed by atoms with Gasteiger partial charge in [-0.15, -0.1) is 26.3 Å². The first-order valence-electron chi connectivity index (χ1n) is 13.2. The van der Waals surface area contributed by atoms with Gasteiger partial charge in [-0.2, -0.15) is 0 Å². The van der Waals surface area contributed by atoms with Crippen LogP contribution < -0.4 is 0 Å². The van der Waals surface area contributed by atoms with Crippen LogP contribution in [-0.4, -0.2) is 108 Å². The highest BCUT2D eigenvalue weighted by Gasteiger charge is 2.02. The number of ether oxygens (including phenoxy) is 3. The summed E-state index contributed by atoms with van der Waals surface area (Å²) in [4.78, 5) is 19.1. The Morgan fingerprint density at radius 2 is 0.976 bits per heavy atom. The third-order valence-electron chi connectivity index (χ3n) is 2.65. The number of hydrogen-bond donors (Lipinski definition) is 6. The molecule has 246 valence electrons. The van der Waals surface area contributed by atoms with Gasteiger partial charge in [-0.3, -0.25) is 0 Å². The number of rotatable bonds is 16. The van der Waals surface area contributed by atoms with Crippen LogP contribution in [0.3, 0.4) is 0 Å². The van der Waals surface area contributed by atoms with Crippen molar-refractivity contribution in [1.29, 1.82) is 0 Å². The predicted molar refractivity (Wildman–Crippen MR) is 167 cm³/mol. The van der Waals surface area contributed by atoms with Crippen LogP contribution in [0.1, 0.15) is 53.9 Å². The number of aliphatic carboxylic acids is 2. The molecule has 11 nitrogen and oxygen atoms in total. The minimum atomic E-state index is -1.26. The molecule has 0 aliphatic heterocycles. The fourth-order valence-electron chi connectivity index (χ4n) is 1.39. The Balaban J connectivity index is -0.0000000796. The van der Waals surface area contributed by atoms with Crippen LogP contribution in [0.2, 0.25) is 0 Å². The molecule has 41 heavy (non-hydrogen) atoms. The van der Waals surface area contributed by atoms with Gasteiger partial charge in [0.05, 0.1) is 65.6 Å². The first kappa shape index (κ1) is 54.4. The van der Waals surface area contributed by atoms with Gasteiger partial charge < -0.3 is 44.8 Å². The van der Waals surface area contributed by atoms with Gasteiger partial charge in [0.15, 0.2) is 0 Å². The zero-order valence-electron chi connectivity index (χ0n) is 26.1. The Labute approximate surface area is 248 Å². The smallest absolute Gasteiger partial charge is 0.328 e. The van der Waals surface area contributed by atoms with Crippen molar-refractivity contribution in [1.82, 2.24) is 0 Å². The molecule has 0 saturated heterocycles. The number of unbranched alkanes of at least 4 members (excludes halogenated alkanes) is 1. The lowest BCUT2D eigenvalue weighted by molar-refractivity contribution is -0.134. The van der Waals surface area contributed by atoms with Gasteiger partial charge in [0.2, 0.25) is 0 Å². The van der Waals surface area contributed by atoms with Crippen molar-refractivity contribution < 1.29 is 54.4 Å². The molecular weight excluding hydrogens is 536 g/mol. The van der Waals surface area contributed by atoms with Crippen LogP contribution in [0.15, 0.2) is 62.8 Å². The average Bonchev–Trinajstić information content (AvgIpc) is 2.92. The normalized spacial score (nSPS) is 9.20. The van der Waals surface area contributed by atoms with E-state index in [9.17, 15) is 14.7 Å². The van der Waals surface area contributed by atoms with Crippen LogP contribution >= 0.6 is 0 Å². The summed E-state index contributed by atoms with van der Waals surface area (Å²) in [6, 6.07) is 0. The SMILES string of the molecule is C=CC.C=CC.C=CC.C=CC.CCCCC(O)COCCOCCOCCO.O=C(O)/C=C\C(=O)O.OCCO. The summed E-state index contributed by atoms with van der Waals surface area (Å²) in [5, 5.41) is 48.8. The maximum Gasteiger partial charge on any atom is 0.328 e. The van der Waals surface area contributed by atoms with Gasteiger partial charge in [-0.1, -0.05) is 44.1 Å². The molecule has 0 saturated carbocycles. The summed E-state index contributed by atoms with van der Waals surface area (Å²) < 4.78 is 15.5. The lowest BCUT2D eigenvalue weighted by atomic mass is 10.2. The zero-order chi connectivity index (χ0) is 33.6. The van der Waals surface area contributed by atoms with E-state index in [1.807, 2.05) is 27.7 Å². The largest absolute Gasteiger partial charge is 0.478 e. The van der Waals surface area contributed by atoms with Gasteiger partial charge in [0, 0.05) is 12.2 Å². The lowest BCUT2D eigenvalue weighted by Gasteiger charge is -2.10. The average molecular weight is 597 g/mol. The minimum Gasteiger partial charge on any atom is -0.478 e. The number of hydrogen-bond acceptors (Lipinski definition) is 9. The van der Waals surface area contributed by atoms with Crippen LogP contribution in [0.4, 0.5) is 0 Å². The second-order valence-electron chi connectivity index (χ2n) is 6.91. The molecule has 0 aromatic rings. The Kier molecular flexibility index (Phi) is 87.6. The molecule has 0 radical (unpaired) electrons. The van der Waals surface area contributed by atoms with Crippen molar-refractivity contribution >= 4 is 11.9 Å². The number of carbonyl (C=O) groups is 2. The van der Waals surface area contributed by atoms with E-state index in [0.29, 0.717) is 51.8 Å². The second kappa shape index (κ2) is 66.0. The number of allylic oxidation sites excluding steroid dienone is 4. The molecule has 0 heterocycles. The maximum absolute atomic E-state index is 9.55. The topological polar surface area (TPSA) is 183 Å². The highest BCUT2D eigenvalue weighted by molar-refractivity contribution is 5.89. The Hall–Kier alpha value is -2.64. The Morgan fingerprint density at radius 3 is 1.24 bits per heavy atom. The molecular formula is C30H60O11. The fourth-order valence-corrected chi connectivity index (χ4v) is 1.39. The van der Waals surface area contributed by atoms with Crippen LogP contribution in [0.5, 0.6) is 0 Å². The highest BCUT2D eigenvalue weighted by Crippen LogP contribution is 2.00. The van der Waals surface area contributed by atoms with Gasteiger partial charge in [-0.05, 0) is 34.1 Å². The van der Waals surface area contributed by atoms with Gasteiger partial charge in [0.1, 0.15) is 0 Å². The molecule has 0 rings (SSSR count). The third kappa shape index (κ3) is 139. The van der Waals surface area contributed by atoms with E-state index < -0.39 is 11.9 Å². The first-order valence-corrected chi connectivity index (χ1v) is 13.2. The zero-order valence-corrected chi connectivity index (χ0v) is 26.1. The van der Waals surface area contributed by atoms with Crippen LogP contribution in [0, 0.1) is 0 Å². The van der Waals surface area contributed by atoms with E-state index in [4.69, 9.17) is 39.7 Å². The van der Waals surface area contributed by atoms with Crippen LogP contribution in [0.25, 0.3) is 0 Å². The van der Waals surface area contributed by atoms with Crippen molar-refractivity contribution in [3.63, 3.8) is 0 Å². The van der Waals surface area contributed by atoms with E-state index in [1.165, 1.54) is 0 Å². The summed E-state index contributed by atoms with van der Waals surface area (Å²) in [5.74, 6) is -2.51. The van der Waals surface area contributed by atoms with Crippen molar-refractivity contribution in [2.24, 2.45) is 0 Å². The molecule has 1 unspecified atom stereocenters. The number of carboxylic acid groups (broad SMARTS) is 2. The molecule has 0 aliphatic rings. The summed E-state index contributed by atoms with van der Waals surface area (Å²) in [6.07, 6.45) is 10.7. The summed E-state index contributed by atoms with van der Waals surface area (Å²) in [5.41, 5.74) is 0. The Morgan fingerprint density at radius 1 is 0.659 bits per heavy atom. The van der Waals surface area contributed by atoms with E-state index >= 15 is 0 Å². The summed E-state index contributed by atoms with van der Waals surface area (Å²) >= 11 is 0. The number of aliphatic hydroxyl groups excluding tert-OH is 4. The summed E-state index contributed by atoms with van der Waals surface area (Å²) in [7, 11) is 0. The second-order valence-corrected chi connectivity index (χ2v) is 6.91. The molecule has 0 aliphatic carbocycles. The quantitative estimate of drug-likeness (QED) is 0.0859. The third-order valence-corrected chi connectivity index (χ3v) is 2.65. The fraction of sp³-hybridized carbons (Fsp3) is 0.600. The maximum atomic E-state index is 9.55. The number of aliphatic hydroxyl groups is 4. The predicted octanol–water partition coefficient (Wildman–Crippen LogP) is 4.03. The molecule has 6 N–H and O–H groups in total. The van der Waals surface area contributed by atoms with Gasteiger partial charge in [-0.25, -0.2) is 9.59 Å². The van der Waals surface area contributed by atoms with E-state index in [-0.39, 0.29) is 25.9 Å². The van der Waals surface area contributed by atoms with Crippen molar-refractivity contribution in [3.05, 3.63) is 62.8 Å². The first-order chi connectivity index (χ1) is 19.5. The molecule has 11 heteroatoms. The molecule has 0 spiro atoms. The standard InChI is InChI=1S/C12H26O5.C4H4O4.4C3H6.C2H6O2/c1-2-3-4-12(14)11-17-10-9-16-8-7-15-6-5-13;5-3(6)1-2-4(7)8;4*1-3-2;3-1-2-4/h12-14H,2-11H2,1H3;1-2H,(H,5,6)(H,7,8);4*3H,1H2,2H3;3-4H,1-2H2/b;2-1-;;;;;. The monoisotopic (exact) mass is 596 g/mol. The molecule has 0 aromatic carbocycles.